The molecule has 0 bridgehead atoms. The van der Waals surface area contributed by atoms with Gasteiger partial charge in [0, 0.05) is 7.11 Å². The summed E-state index contributed by atoms with van der Waals surface area (Å²) < 4.78 is 17.5. The van der Waals surface area contributed by atoms with Gasteiger partial charge in [-0.2, -0.15) is 0 Å². The van der Waals surface area contributed by atoms with E-state index in [1.165, 1.54) is 19.2 Å². The Hall–Kier alpha value is -1.69. The number of carbonyl (C=O) groups excluding carboxylic acids is 1. The van der Waals surface area contributed by atoms with Gasteiger partial charge in [-0.05, 0) is 26.0 Å². The maximum absolute atomic E-state index is 12.5. The highest BCUT2D eigenvalue weighted by Gasteiger charge is 2.26. The highest BCUT2D eigenvalue weighted by molar-refractivity contribution is 5.85. The molecule has 6 heteroatoms. The van der Waals surface area contributed by atoms with Gasteiger partial charge in [0.05, 0.1) is 6.20 Å². The van der Waals surface area contributed by atoms with Crippen LogP contribution in [0.4, 0.5) is 10.2 Å². The highest BCUT2D eigenvalue weighted by atomic mass is 19.1. The third-order valence-electron chi connectivity index (χ3n) is 2.09. The molecule has 88 valence electrons. The van der Waals surface area contributed by atoms with E-state index in [1.807, 2.05) is 0 Å². The Morgan fingerprint density at radius 3 is 2.69 bits per heavy atom. The van der Waals surface area contributed by atoms with Gasteiger partial charge in [0.2, 0.25) is 0 Å². The minimum atomic E-state index is -0.937. The monoisotopic (exact) mass is 227 g/mol. The largest absolute Gasteiger partial charge is 0.369 e. The van der Waals surface area contributed by atoms with Crippen LogP contribution < -0.4 is 10.9 Å². The van der Waals surface area contributed by atoms with Crippen LogP contribution in [0.25, 0.3) is 0 Å². The van der Waals surface area contributed by atoms with Crippen LogP contribution in [0.3, 0.4) is 0 Å². The average Bonchev–Trinajstić information content (AvgIpc) is 2.28. The number of halogens is 1. The number of pyridine rings is 1. The lowest BCUT2D eigenvalue weighted by Gasteiger charge is -2.21. The lowest BCUT2D eigenvalue weighted by molar-refractivity contribution is -0.138. The van der Waals surface area contributed by atoms with Crippen molar-refractivity contribution >= 4 is 11.7 Å². The number of carbonyl (C=O) groups is 1. The minimum absolute atomic E-state index is 0.346. The molecule has 0 aliphatic heterocycles. The van der Waals surface area contributed by atoms with Gasteiger partial charge in [-0.3, -0.25) is 15.6 Å². The van der Waals surface area contributed by atoms with Crippen molar-refractivity contribution < 1.29 is 13.9 Å². The maximum Gasteiger partial charge on any atom is 0.269 e. The van der Waals surface area contributed by atoms with Crippen molar-refractivity contribution in [2.45, 2.75) is 19.4 Å². The van der Waals surface area contributed by atoms with Gasteiger partial charge in [0.1, 0.15) is 17.2 Å². The lowest BCUT2D eigenvalue weighted by atomic mass is 10.1. The van der Waals surface area contributed by atoms with E-state index in [2.05, 4.69) is 15.8 Å². The van der Waals surface area contributed by atoms with E-state index >= 15 is 0 Å². The Balaban J connectivity index is 2.52. The van der Waals surface area contributed by atoms with Crippen molar-refractivity contribution in [3.63, 3.8) is 0 Å². The van der Waals surface area contributed by atoms with Crippen LogP contribution in [0.2, 0.25) is 0 Å². The van der Waals surface area contributed by atoms with Crippen LogP contribution in [0.1, 0.15) is 13.8 Å². The molecular weight excluding hydrogens is 213 g/mol. The summed E-state index contributed by atoms with van der Waals surface area (Å²) >= 11 is 0. The number of aromatic nitrogens is 1. The fourth-order valence-corrected chi connectivity index (χ4v) is 0.814. The van der Waals surface area contributed by atoms with E-state index in [4.69, 9.17) is 4.74 Å². The second-order valence-corrected chi connectivity index (χ2v) is 3.66. The molecule has 0 aliphatic rings. The van der Waals surface area contributed by atoms with Crippen LogP contribution >= 0.6 is 0 Å². The minimum Gasteiger partial charge on any atom is -0.369 e. The second-order valence-electron chi connectivity index (χ2n) is 3.66. The third kappa shape index (κ3) is 3.16. The topological polar surface area (TPSA) is 63.2 Å². The number of rotatable bonds is 4. The molecule has 2 N–H and O–H groups in total. The number of nitrogens with one attached hydrogen (secondary N) is 2. The molecule has 0 saturated heterocycles. The molecule has 5 nitrogen and oxygen atoms in total. The standard InChI is InChI=1S/C10H14FN3O2/c1-10(2,16-3)9(15)14-13-8-5-4-7(11)6-12-8/h4-6H,1-3H3,(H,12,13)(H,14,15). The molecular formula is C10H14FN3O2. The predicted molar refractivity (Wildman–Crippen MR) is 57.0 cm³/mol. The number of anilines is 1. The van der Waals surface area contributed by atoms with Gasteiger partial charge in [-0.15, -0.1) is 0 Å². The maximum atomic E-state index is 12.5. The number of methoxy groups -OCH3 is 1. The van der Waals surface area contributed by atoms with E-state index in [9.17, 15) is 9.18 Å². The summed E-state index contributed by atoms with van der Waals surface area (Å²) in [4.78, 5) is 15.3. The molecule has 1 heterocycles. The zero-order valence-corrected chi connectivity index (χ0v) is 9.37. The van der Waals surface area contributed by atoms with Crippen LogP contribution in [-0.2, 0) is 9.53 Å². The molecule has 0 atom stereocenters. The zero-order chi connectivity index (χ0) is 12.2. The number of hydrogen-bond donors (Lipinski definition) is 2. The summed E-state index contributed by atoms with van der Waals surface area (Å²) in [6.45, 7) is 3.25. The van der Waals surface area contributed by atoms with E-state index in [-0.39, 0.29) is 5.91 Å². The smallest absolute Gasteiger partial charge is 0.269 e. The SMILES string of the molecule is COC(C)(C)C(=O)NNc1ccc(F)cn1. The number of hydrazine groups is 1. The summed E-state index contributed by atoms with van der Waals surface area (Å²) in [5.41, 5.74) is 4.03. The molecule has 16 heavy (non-hydrogen) atoms. The van der Waals surface area contributed by atoms with E-state index in [0.717, 1.165) is 6.20 Å². The quantitative estimate of drug-likeness (QED) is 0.756. The number of nitrogens with zero attached hydrogens (tertiary/aromatic N) is 1. The first kappa shape index (κ1) is 12.4. The third-order valence-corrected chi connectivity index (χ3v) is 2.09. The van der Waals surface area contributed by atoms with Crippen molar-refractivity contribution in [1.82, 2.24) is 10.4 Å². The van der Waals surface area contributed by atoms with Crippen LogP contribution in [-0.4, -0.2) is 23.6 Å². The molecule has 0 spiro atoms. The van der Waals surface area contributed by atoms with E-state index < -0.39 is 11.4 Å². The van der Waals surface area contributed by atoms with E-state index in [0.29, 0.717) is 5.82 Å². The normalized spacial score (nSPS) is 11.0. The Kier molecular flexibility index (Phi) is 3.78. The number of hydrogen-bond acceptors (Lipinski definition) is 4. The second kappa shape index (κ2) is 4.89. The first-order chi connectivity index (χ1) is 7.45. The Morgan fingerprint density at radius 1 is 1.50 bits per heavy atom. The van der Waals surface area contributed by atoms with Crippen molar-refractivity contribution in [2.24, 2.45) is 0 Å². The summed E-state index contributed by atoms with van der Waals surface area (Å²) in [6.07, 6.45) is 1.05. The Bertz CT molecular complexity index is 365. The predicted octanol–water partition coefficient (Wildman–Crippen LogP) is 1.09. The fraction of sp³-hybridized carbons (Fsp3) is 0.400. The van der Waals surface area contributed by atoms with Crippen LogP contribution in [0.15, 0.2) is 18.3 Å². The summed E-state index contributed by atoms with van der Waals surface area (Å²) in [7, 11) is 1.44. The molecule has 0 fully saturated rings. The molecule has 1 aromatic heterocycles. The first-order valence-electron chi connectivity index (χ1n) is 4.69. The van der Waals surface area contributed by atoms with E-state index in [1.54, 1.807) is 13.8 Å². The number of ether oxygens (including phenoxy) is 1. The summed E-state index contributed by atoms with van der Waals surface area (Å²) in [5, 5.41) is 0. The molecule has 0 saturated carbocycles. The molecule has 0 aromatic carbocycles. The van der Waals surface area contributed by atoms with Crippen molar-refractivity contribution in [1.29, 1.82) is 0 Å². The van der Waals surface area contributed by atoms with Gasteiger partial charge in [0.15, 0.2) is 0 Å². The molecule has 1 aromatic rings. The van der Waals surface area contributed by atoms with Crippen molar-refractivity contribution in [3.8, 4) is 0 Å². The zero-order valence-electron chi connectivity index (χ0n) is 9.37. The molecule has 1 amide bonds. The van der Waals surface area contributed by atoms with Gasteiger partial charge in [-0.25, -0.2) is 9.37 Å². The van der Waals surface area contributed by atoms with Crippen LogP contribution in [0.5, 0.6) is 0 Å². The Morgan fingerprint density at radius 2 is 2.19 bits per heavy atom. The number of amides is 1. The van der Waals surface area contributed by atoms with Gasteiger partial charge < -0.3 is 4.74 Å². The van der Waals surface area contributed by atoms with Crippen molar-refractivity contribution in [2.75, 3.05) is 12.5 Å². The molecule has 0 unspecified atom stereocenters. The van der Waals surface area contributed by atoms with Crippen molar-refractivity contribution in [3.05, 3.63) is 24.1 Å². The highest BCUT2D eigenvalue weighted by Crippen LogP contribution is 2.07. The average molecular weight is 227 g/mol. The summed E-state index contributed by atoms with van der Waals surface area (Å²) in [5.74, 6) is -0.433. The molecule has 0 radical (unpaired) electrons. The van der Waals surface area contributed by atoms with Crippen LogP contribution in [0, 0.1) is 5.82 Å². The summed E-state index contributed by atoms with van der Waals surface area (Å²) in [6, 6.07) is 2.65. The molecule has 0 aliphatic carbocycles. The Labute approximate surface area is 93.0 Å². The lowest BCUT2D eigenvalue weighted by Crippen LogP contribution is -2.46. The first-order valence-corrected chi connectivity index (χ1v) is 4.69. The molecule has 1 rings (SSSR count). The van der Waals surface area contributed by atoms with Gasteiger partial charge >= 0.3 is 0 Å². The van der Waals surface area contributed by atoms with Gasteiger partial charge in [-0.1, -0.05) is 0 Å². The fourth-order valence-electron chi connectivity index (χ4n) is 0.814. The van der Waals surface area contributed by atoms with Gasteiger partial charge in [0.25, 0.3) is 5.91 Å².